The van der Waals surface area contributed by atoms with Crippen LogP contribution in [0.15, 0.2) is 12.5 Å². The molecule has 1 atom stereocenters. The van der Waals surface area contributed by atoms with Crippen LogP contribution in [0.5, 0.6) is 0 Å². The number of nitrogens with zero attached hydrogens (tertiary/aromatic N) is 4. The van der Waals surface area contributed by atoms with Gasteiger partial charge in [0.1, 0.15) is 6.33 Å². The zero-order valence-corrected chi connectivity index (χ0v) is 9.39. The van der Waals surface area contributed by atoms with Gasteiger partial charge >= 0.3 is 0 Å². The second kappa shape index (κ2) is 3.99. The second-order valence-electron chi connectivity index (χ2n) is 3.82. The molecule has 0 radical (unpaired) electrons. The van der Waals surface area contributed by atoms with E-state index in [1.54, 1.807) is 10.9 Å². The standard InChI is InChI=1S/C10H11ClN4O/c11-9-7-5-12-6-13-10(7)15(14-9)8-3-1-2-4-16-8/h5-6,8H,1-4H2. The second-order valence-corrected chi connectivity index (χ2v) is 4.17. The van der Waals surface area contributed by atoms with Crippen molar-refractivity contribution < 1.29 is 4.74 Å². The SMILES string of the molecule is Clc1nn(C2CCCCO2)c2ncncc12. The molecule has 1 aliphatic rings. The fraction of sp³-hybridized carbons (Fsp3) is 0.500. The summed E-state index contributed by atoms with van der Waals surface area (Å²) in [5, 5.41) is 5.48. The van der Waals surface area contributed by atoms with Gasteiger partial charge in [0, 0.05) is 12.8 Å². The molecule has 1 unspecified atom stereocenters. The van der Waals surface area contributed by atoms with Crippen molar-refractivity contribution in [2.24, 2.45) is 0 Å². The van der Waals surface area contributed by atoms with Gasteiger partial charge in [0.2, 0.25) is 0 Å². The first-order valence-electron chi connectivity index (χ1n) is 5.31. The van der Waals surface area contributed by atoms with Gasteiger partial charge in [-0.3, -0.25) is 0 Å². The quantitative estimate of drug-likeness (QED) is 0.764. The van der Waals surface area contributed by atoms with Crippen molar-refractivity contribution in [3.05, 3.63) is 17.7 Å². The predicted molar refractivity (Wildman–Crippen MR) is 59.2 cm³/mol. The maximum absolute atomic E-state index is 6.03. The summed E-state index contributed by atoms with van der Waals surface area (Å²) in [5.74, 6) is 0. The molecule has 2 aromatic heterocycles. The number of aromatic nitrogens is 4. The Labute approximate surface area is 97.4 Å². The number of hydrogen-bond acceptors (Lipinski definition) is 4. The van der Waals surface area contributed by atoms with Gasteiger partial charge in [-0.05, 0) is 19.3 Å². The molecular weight excluding hydrogens is 228 g/mol. The normalized spacial score (nSPS) is 21.4. The average molecular weight is 239 g/mol. The van der Waals surface area contributed by atoms with Gasteiger partial charge in [-0.2, -0.15) is 5.10 Å². The highest BCUT2D eigenvalue weighted by Crippen LogP contribution is 2.28. The summed E-state index contributed by atoms with van der Waals surface area (Å²) in [5.41, 5.74) is 0.743. The van der Waals surface area contributed by atoms with Gasteiger partial charge < -0.3 is 4.74 Å². The monoisotopic (exact) mass is 238 g/mol. The molecule has 1 saturated heterocycles. The molecule has 0 amide bonds. The first kappa shape index (κ1) is 9.99. The lowest BCUT2D eigenvalue weighted by molar-refractivity contribution is -0.0369. The molecule has 0 aliphatic carbocycles. The Balaban J connectivity index is 2.08. The van der Waals surface area contributed by atoms with E-state index in [-0.39, 0.29) is 6.23 Å². The van der Waals surface area contributed by atoms with Crippen molar-refractivity contribution in [2.75, 3.05) is 6.61 Å². The van der Waals surface area contributed by atoms with Crippen LogP contribution in [0.25, 0.3) is 11.0 Å². The summed E-state index contributed by atoms with van der Waals surface area (Å²) >= 11 is 6.03. The van der Waals surface area contributed by atoms with E-state index >= 15 is 0 Å². The molecule has 0 saturated carbocycles. The molecule has 3 rings (SSSR count). The van der Waals surface area contributed by atoms with Gasteiger partial charge in [-0.15, -0.1) is 0 Å². The van der Waals surface area contributed by atoms with Crippen molar-refractivity contribution in [1.29, 1.82) is 0 Å². The summed E-state index contributed by atoms with van der Waals surface area (Å²) in [4.78, 5) is 8.14. The summed E-state index contributed by atoms with van der Waals surface area (Å²) in [6.45, 7) is 0.773. The van der Waals surface area contributed by atoms with Gasteiger partial charge in [0.05, 0.1) is 5.39 Å². The van der Waals surface area contributed by atoms with Crippen LogP contribution in [0.2, 0.25) is 5.15 Å². The largest absolute Gasteiger partial charge is 0.356 e. The Bertz CT molecular complexity index is 506. The van der Waals surface area contributed by atoms with Gasteiger partial charge in [-0.1, -0.05) is 11.6 Å². The molecular formula is C10H11ClN4O. The highest BCUT2D eigenvalue weighted by atomic mass is 35.5. The number of rotatable bonds is 1. The van der Waals surface area contributed by atoms with E-state index in [4.69, 9.17) is 16.3 Å². The Kier molecular flexibility index (Phi) is 2.49. The van der Waals surface area contributed by atoms with E-state index < -0.39 is 0 Å². The van der Waals surface area contributed by atoms with E-state index in [1.807, 2.05) is 0 Å². The molecule has 1 fully saturated rings. The summed E-state index contributed by atoms with van der Waals surface area (Å²) in [7, 11) is 0. The zero-order chi connectivity index (χ0) is 11.0. The third-order valence-electron chi connectivity index (χ3n) is 2.75. The first-order valence-corrected chi connectivity index (χ1v) is 5.69. The third-order valence-corrected chi connectivity index (χ3v) is 3.03. The third kappa shape index (κ3) is 1.56. The Hall–Kier alpha value is -1.20. The van der Waals surface area contributed by atoms with Crippen molar-refractivity contribution in [2.45, 2.75) is 25.5 Å². The zero-order valence-electron chi connectivity index (χ0n) is 8.64. The summed E-state index contributed by atoms with van der Waals surface area (Å²) in [6.07, 6.45) is 6.35. The van der Waals surface area contributed by atoms with Crippen molar-refractivity contribution in [3.8, 4) is 0 Å². The van der Waals surface area contributed by atoms with E-state index in [0.29, 0.717) is 5.15 Å². The number of ether oxygens (including phenoxy) is 1. The molecule has 0 bridgehead atoms. The maximum atomic E-state index is 6.03. The maximum Gasteiger partial charge on any atom is 0.165 e. The van der Waals surface area contributed by atoms with Crippen LogP contribution < -0.4 is 0 Å². The van der Waals surface area contributed by atoms with Gasteiger partial charge in [0.25, 0.3) is 0 Å². The molecule has 0 N–H and O–H groups in total. The number of fused-ring (bicyclic) bond motifs is 1. The summed E-state index contributed by atoms with van der Waals surface area (Å²) in [6, 6.07) is 0. The molecule has 6 heteroatoms. The molecule has 2 aromatic rings. The Morgan fingerprint density at radius 2 is 2.38 bits per heavy atom. The first-order chi connectivity index (χ1) is 7.86. The van der Waals surface area contributed by atoms with Crippen LogP contribution in [0.1, 0.15) is 25.5 Å². The molecule has 1 aliphatic heterocycles. The minimum Gasteiger partial charge on any atom is -0.356 e. The fourth-order valence-electron chi connectivity index (χ4n) is 1.96. The Morgan fingerprint density at radius 1 is 1.44 bits per heavy atom. The van der Waals surface area contributed by atoms with E-state index in [9.17, 15) is 0 Å². The predicted octanol–water partition coefficient (Wildman–Crippen LogP) is 2.18. The smallest absolute Gasteiger partial charge is 0.165 e. The highest BCUT2D eigenvalue weighted by Gasteiger charge is 2.21. The van der Waals surface area contributed by atoms with Gasteiger partial charge in [0.15, 0.2) is 17.0 Å². The van der Waals surface area contributed by atoms with E-state index in [0.717, 1.165) is 36.9 Å². The van der Waals surface area contributed by atoms with Gasteiger partial charge in [-0.25, -0.2) is 14.6 Å². The lowest BCUT2D eigenvalue weighted by atomic mass is 10.2. The highest BCUT2D eigenvalue weighted by molar-refractivity contribution is 6.34. The summed E-state index contributed by atoms with van der Waals surface area (Å²) < 4.78 is 7.43. The number of halogens is 1. The van der Waals surface area contributed by atoms with E-state index in [1.165, 1.54) is 6.33 Å². The van der Waals surface area contributed by atoms with Crippen LogP contribution in [-0.2, 0) is 4.74 Å². The van der Waals surface area contributed by atoms with Crippen LogP contribution in [0, 0.1) is 0 Å². The van der Waals surface area contributed by atoms with Crippen molar-refractivity contribution >= 4 is 22.6 Å². The molecule has 0 spiro atoms. The van der Waals surface area contributed by atoms with E-state index in [2.05, 4.69) is 15.1 Å². The van der Waals surface area contributed by atoms with Crippen LogP contribution in [0.3, 0.4) is 0 Å². The molecule has 16 heavy (non-hydrogen) atoms. The minimum absolute atomic E-state index is 0.0429. The minimum atomic E-state index is -0.0429. The Morgan fingerprint density at radius 3 is 3.19 bits per heavy atom. The van der Waals surface area contributed by atoms with Crippen molar-refractivity contribution in [1.82, 2.24) is 19.7 Å². The molecule has 0 aromatic carbocycles. The lowest BCUT2D eigenvalue weighted by Gasteiger charge is -2.22. The number of hydrogen-bond donors (Lipinski definition) is 0. The fourth-order valence-corrected chi connectivity index (χ4v) is 2.18. The molecule has 5 nitrogen and oxygen atoms in total. The lowest BCUT2D eigenvalue weighted by Crippen LogP contribution is -2.19. The van der Waals surface area contributed by atoms with Crippen LogP contribution in [-0.4, -0.2) is 26.4 Å². The van der Waals surface area contributed by atoms with Crippen molar-refractivity contribution in [3.63, 3.8) is 0 Å². The van der Waals surface area contributed by atoms with Crippen LogP contribution in [0.4, 0.5) is 0 Å². The topological polar surface area (TPSA) is 52.8 Å². The van der Waals surface area contributed by atoms with Crippen LogP contribution >= 0.6 is 11.6 Å². The molecule has 3 heterocycles. The average Bonchev–Trinajstić information content (AvgIpc) is 2.69. The molecule has 84 valence electrons.